The van der Waals surface area contributed by atoms with E-state index in [-0.39, 0.29) is 11.5 Å². The van der Waals surface area contributed by atoms with Crippen molar-refractivity contribution in [2.75, 3.05) is 0 Å². The van der Waals surface area contributed by atoms with E-state index in [0.29, 0.717) is 11.0 Å². The number of para-hydroxylation sites is 2. The number of hydrogen-bond donors (Lipinski definition) is 2. The number of phenolic OH excluding ortho intramolecular Hbond substituents is 2. The minimum absolute atomic E-state index is 0.246. The second-order valence-corrected chi connectivity index (χ2v) is 8.96. The molecule has 0 aliphatic rings. The van der Waals surface area contributed by atoms with E-state index in [1.54, 1.807) is 12.1 Å². The third-order valence-electron chi connectivity index (χ3n) is 5.82. The van der Waals surface area contributed by atoms with Gasteiger partial charge in [-0.1, -0.05) is 78.9 Å². The number of benzene rings is 4. The molecule has 2 heterocycles. The molecule has 0 bridgehead atoms. The van der Waals surface area contributed by atoms with E-state index in [0.717, 1.165) is 27.8 Å². The summed E-state index contributed by atoms with van der Waals surface area (Å²) < 4.78 is 3.65. The number of rotatable bonds is 2. The minimum Gasteiger partial charge on any atom is -0.506 e. The van der Waals surface area contributed by atoms with Gasteiger partial charge in [-0.05, 0) is 61.4 Å². The van der Waals surface area contributed by atoms with Gasteiger partial charge in [0.1, 0.15) is 22.5 Å². The van der Waals surface area contributed by atoms with Gasteiger partial charge in [0.2, 0.25) is 0 Å². The summed E-state index contributed by atoms with van der Waals surface area (Å²) in [7, 11) is 0. The van der Waals surface area contributed by atoms with E-state index >= 15 is 0 Å². The van der Waals surface area contributed by atoms with E-state index < -0.39 is 0 Å². The molecule has 0 atom stereocenters. The standard InChI is InChI=1S/C12H9N2.2C10H9NO.Al/c13-14-12-8-6-11(7-9-12)10-4-2-1-3-5-10;2*1-7-5-6-8-3-2-4-9(12)10(8)11-7;/h1-9H;2*2-6,12H,1H3;/q-1;;;+1. The molecule has 0 unspecified atom stereocenters. The maximum Gasteiger partial charge on any atom is 0.386 e. The van der Waals surface area contributed by atoms with Gasteiger partial charge in [-0.25, -0.2) is 9.97 Å². The topological polar surface area (TPSA) is 91.0 Å². The van der Waals surface area contributed by atoms with Gasteiger partial charge < -0.3 is 14.3 Å². The van der Waals surface area contributed by atoms with Crippen LogP contribution in [0.15, 0.2) is 124 Å². The zero-order valence-corrected chi connectivity index (χ0v) is 22.9. The van der Waals surface area contributed by atoms with Gasteiger partial charge in [-0.15, -0.1) is 0 Å². The second kappa shape index (κ2) is 13.3. The van der Waals surface area contributed by atoms with E-state index in [4.69, 9.17) is 0 Å². The van der Waals surface area contributed by atoms with Crippen molar-refractivity contribution >= 4 is 44.0 Å². The molecule has 6 rings (SSSR count). The van der Waals surface area contributed by atoms with Crippen LogP contribution >= 0.6 is 0 Å². The lowest BCUT2D eigenvalue weighted by Gasteiger charge is -2.00. The molecule has 0 saturated carbocycles. The Morgan fingerprint density at radius 1 is 0.538 bits per heavy atom. The Bertz CT molecular complexity index is 1620. The summed E-state index contributed by atoms with van der Waals surface area (Å²) in [6.45, 7) is 3.82. The maximum absolute atomic E-state index is 9.43. The molecule has 0 spiro atoms. The zero-order chi connectivity index (χ0) is 27.6. The lowest BCUT2D eigenvalue weighted by atomic mass is 10.1. The fourth-order valence-corrected chi connectivity index (χ4v) is 4.01. The van der Waals surface area contributed by atoms with Crippen LogP contribution in [0, 0.1) is 13.8 Å². The molecule has 0 aliphatic heterocycles. The third-order valence-corrected chi connectivity index (χ3v) is 5.94. The first-order valence-electron chi connectivity index (χ1n) is 12.3. The van der Waals surface area contributed by atoms with Crippen LogP contribution in [0.4, 0.5) is 5.69 Å². The molecule has 7 heteroatoms. The quantitative estimate of drug-likeness (QED) is 0.177. The van der Waals surface area contributed by atoms with Crippen molar-refractivity contribution in [2.24, 2.45) is 9.21 Å². The summed E-state index contributed by atoms with van der Waals surface area (Å²) in [6, 6.07) is 36.8. The summed E-state index contributed by atoms with van der Waals surface area (Å²) >= 11 is 2.22. The van der Waals surface area contributed by atoms with E-state index in [1.165, 1.54) is 11.1 Å². The molecule has 39 heavy (non-hydrogen) atoms. The maximum atomic E-state index is 9.43. The molecule has 0 saturated heterocycles. The molecule has 6 aromatic rings. The number of phenols is 2. The molecular weight excluding hydrogens is 499 g/mol. The molecule has 0 amide bonds. The Morgan fingerprint density at radius 2 is 1.03 bits per heavy atom. The minimum atomic E-state index is 0.246. The van der Waals surface area contributed by atoms with Gasteiger partial charge in [-0.2, -0.15) is 5.11 Å². The van der Waals surface area contributed by atoms with Crippen molar-refractivity contribution in [1.82, 2.24) is 9.97 Å². The third kappa shape index (κ3) is 7.48. The molecule has 2 N–H and O–H groups in total. The molecule has 2 aromatic heterocycles. The van der Waals surface area contributed by atoms with Crippen LogP contribution < -0.4 is 0 Å². The number of hydrogen-bond acceptors (Lipinski definition) is 6. The fraction of sp³-hybridized carbons (Fsp3) is 0.0625. The molecule has 2 radical (unpaired) electrons. The molecular formula is C32H27AlN4O2. The highest BCUT2D eigenvalue weighted by atomic mass is 27.1. The molecule has 0 aliphatic carbocycles. The Balaban J connectivity index is 0.000000137. The van der Waals surface area contributed by atoms with Gasteiger partial charge in [0.05, 0.1) is 5.69 Å². The number of nitrogens with zero attached hydrogens (tertiary/aromatic N) is 4. The normalized spacial score (nSPS) is 10.5. The Hall–Kier alpha value is -4.57. The predicted octanol–water partition coefficient (Wildman–Crippen LogP) is 8.02. The number of aromatic hydroxyl groups is 2. The largest absolute Gasteiger partial charge is 0.506 e. The van der Waals surface area contributed by atoms with Crippen LogP contribution in [-0.2, 0) is 0 Å². The summed E-state index contributed by atoms with van der Waals surface area (Å²) in [5.74, 6) is 0.493. The Labute approximate surface area is 236 Å². The monoisotopic (exact) mass is 526 g/mol. The van der Waals surface area contributed by atoms with Crippen molar-refractivity contribution in [1.29, 1.82) is 0 Å². The van der Waals surface area contributed by atoms with E-state index in [9.17, 15) is 10.2 Å². The van der Waals surface area contributed by atoms with Gasteiger partial charge in [0.25, 0.3) is 0 Å². The van der Waals surface area contributed by atoms with Crippen LogP contribution in [0.1, 0.15) is 11.4 Å². The van der Waals surface area contributed by atoms with Crippen LogP contribution in [0.25, 0.3) is 32.9 Å². The zero-order valence-electron chi connectivity index (χ0n) is 21.7. The average molecular weight is 527 g/mol. The smallest absolute Gasteiger partial charge is 0.386 e. The summed E-state index contributed by atoms with van der Waals surface area (Å²) in [4.78, 5) is 8.45. The van der Waals surface area contributed by atoms with Crippen LogP contribution in [0.2, 0.25) is 0 Å². The van der Waals surface area contributed by atoms with Gasteiger partial charge in [-0.3, -0.25) is 0 Å². The van der Waals surface area contributed by atoms with Crippen molar-refractivity contribution in [2.45, 2.75) is 13.8 Å². The highest BCUT2D eigenvalue weighted by Gasteiger charge is 2.00. The summed E-state index contributed by atoms with van der Waals surface area (Å²) in [5, 5.41) is 24.7. The number of pyridine rings is 2. The van der Waals surface area contributed by atoms with Gasteiger partial charge >= 0.3 is 16.5 Å². The van der Waals surface area contributed by atoms with Gasteiger partial charge in [0.15, 0.2) is 0 Å². The highest BCUT2D eigenvalue weighted by Crippen LogP contribution is 2.23. The van der Waals surface area contributed by atoms with E-state index in [1.807, 2.05) is 105 Å². The Morgan fingerprint density at radius 3 is 1.51 bits per heavy atom. The highest BCUT2D eigenvalue weighted by molar-refractivity contribution is 6.04. The van der Waals surface area contributed by atoms with Crippen molar-refractivity contribution in [3.8, 4) is 22.6 Å². The summed E-state index contributed by atoms with van der Waals surface area (Å²) in [6.07, 6.45) is 0. The predicted molar refractivity (Wildman–Crippen MR) is 158 cm³/mol. The summed E-state index contributed by atoms with van der Waals surface area (Å²) in [5.41, 5.74) is 6.47. The lowest BCUT2D eigenvalue weighted by molar-refractivity contribution is 0.480. The van der Waals surface area contributed by atoms with Gasteiger partial charge in [0, 0.05) is 22.2 Å². The molecule has 0 fully saturated rings. The average Bonchev–Trinajstić information content (AvgIpc) is 2.96. The number of aryl methyl sites for hydroxylation is 2. The first-order chi connectivity index (χ1) is 18.9. The molecule has 190 valence electrons. The molecule has 6 nitrogen and oxygen atoms in total. The fourth-order valence-electron chi connectivity index (χ4n) is 3.88. The number of fused-ring (bicyclic) bond motifs is 2. The first kappa shape index (κ1) is 27.5. The van der Waals surface area contributed by atoms with Crippen LogP contribution in [0.3, 0.4) is 0 Å². The first-order valence-corrected chi connectivity index (χ1v) is 12.8. The van der Waals surface area contributed by atoms with Crippen molar-refractivity contribution in [3.05, 3.63) is 127 Å². The van der Waals surface area contributed by atoms with Crippen LogP contribution in [-0.4, -0.2) is 36.7 Å². The van der Waals surface area contributed by atoms with E-state index in [2.05, 4.69) is 47.8 Å². The number of aromatic nitrogens is 2. The lowest BCUT2D eigenvalue weighted by Crippen LogP contribution is -1.82. The van der Waals surface area contributed by atoms with Crippen LogP contribution in [0.5, 0.6) is 11.5 Å². The van der Waals surface area contributed by atoms with Crippen molar-refractivity contribution in [3.63, 3.8) is 0 Å². The Kier molecular flexibility index (Phi) is 9.36. The molecule has 4 aromatic carbocycles. The SMILES string of the molecule is Cc1ccc2cccc(O)c2n1.Cc1ccc2cccc(O)c2n1.[Al][N]=Nc1ccc(-c2ccccc2)cc1. The second-order valence-electron chi connectivity index (χ2n) is 8.73. The van der Waals surface area contributed by atoms with Crippen molar-refractivity contribution < 1.29 is 10.2 Å².